The molecule has 0 saturated carbocycles. The summed E-state index contributed by atoms with van der Waals surface area (Å²) in [5.74, 6) is 0. The fraction of sp³-hybridized carbons (Fsp3) is 0.636. The summed E-state index contributed by atoms with van der Waals surface area (Å²) in [5, 5.41) is 18.3. The molecule has 1 atom stereocenters. The number of rotatable bonds is 6. The zero-order valence-corrected chi connectivity index (χ0v) is 18.2. The predicted octanol–water partition coefficient (Wildman–Crippen LogP) is 2.64. The van der Waals surface area contributed by atoms with Crippen LogP contribution in [0, 0.1) is 10.8 Å². The zero-order chi connectivity index (χ0) is 20.8. The topological polar surface area (TPSA) is 66.7 Å². The maximum atomic E-state index is 9.52. The highest BCUT2D eigenvalue weighted by molar-refractivity contribution is 5.79. The molecule has 2 aliphatic heterocycles. The van der Waals surface area contributed by atoms with Crippen LogP contribution >= 0.6 is 0 Å². The van der Waals surface area contributed by atoms with E-state index in [1.54, 1.807) is 0 Å². The quantitative estimate of drug-likeness (QED) is 0.806. The second-order valence-electron chi connectivity index (χ2n) is 10.0. The fourth-order valence-electron chi connectivity index (χ4n) is 4.38. The lowest BCUT2D eigenvalue weighted by molar-refractivity contribution is 0.0848. The molecule has 7 heteroatoms. The Hall–Kier alpha value is -2.12. The van der Waals surface area contributed by atoms with Gasteiger partial charge in [-0.1, -0.05) is 26.0 Å². The number of aromatic nitrogens is 3. The molecule has 3 heterocycles. The van der Waals surface area contributed by atoms with Gasteiger partial charge in [0.25, 0.3) is 0 Å². The Kier molecular flexibility index (Phi) is 5.07. The van der Waals surface area contributed by atoms with Gasteiger partial charge < -0.3 is 19.6 Å². The molecule has 0 radical (unpaired) electrons. The summed E-state index contributed by atoms with van der Waals surface area (Å²) in [6.45, 7) is 10.1. The summed E-state index contributed by atoms with van der Waals surface area (Å²) in [6.07, 6.45) is 3.26. The van der Waals surface area contributed by atoms with Gasteiger partial charge in [0.05, 0.1) is 32.1 Å². The summed E-state index contributed by atoms with van der Waals surface area (Å²) in [7, 11) is 4.10. The van der Waals surface area contributed by atoms with E-state index in [4.69, 9.17) is 4.74 Å². The summed E-state index contributed by atoms with van der Waals surface area (Å²) in [6, 6.07) is 6.47. The molecule has 2 saturated heterocycles. The van der Waals surface area contributed by atoms with E-state index in [1.807, 2.05) is 10.9 Å². The number of benzene rings is 1. The SMILES string of the molecule is CN(C)c1cc(N2CC(C)(CO)C2)ccc1-c1cn(C[C@H]2CC(C)(C)CO2)nn1. The van der Waals surface area contributed by atoms with Gasteiger partial charge in [0.2, 0.25) is 0 Å². The third-order valence-corrected chi connectivity index (χ3v) is 6.05. The molecule has 1 aromatic carbocycles. The van der Waals surface area contributed by atoms with Gasteiger partial charge in [-0.05, 0) is 30.0 Å². The summed E-state index contributed by atoms with van der Waals surface area (Å²) in [5.41, 5.74) is 4.49. The highest BCUT2D eigenvalue weighted by Gasteiger charge is 2.38. The Bertz CT molecular complexity index is 870. The van der Waals surface area contributed by atoms with Crippen LogP contribution in [0.1, 0.15) is 27.2 Å². The van der Waals surface area contributed by atoms with Gasteiger partial charge >= 0.3 is 0 Å². The molecule has 1 N–H and O–H groups in total. The first-order chi connectivity index (χ1) is 13.7. The molecular weight excluding hydrogens is 366 g/mol. The van der Waals surface area contributed by atoms with Gasteiger partial charge in [-0.3, -0.25) is 0 Å². The standard InChI is InChI=1S/C22H33N5O2/c1-21(2)9-17(29-15-21)10-27-11-19(23-24-27)18-7-6-16(8-20(18)25(4)5)26-12-22(3,13-26)14-28/h6-8,11,17,28H,9-10,12-15H2,1-5H3/t17-/m1/s1. The van der Waals surface area contributed by atoms with E-state index in [-0.39, 0.29) is 23.5 Å². The van der Waals surface area contributed by atoms with E-state index in [0.717, 1.165) is 49.6 Å². The van der Waals surface area contributed by atoms with Crippen LogP contribution in [0.15, 0.2) is 24.4 Å². The summed E-state index contributed by atoms with van der Waals surface area (Å²) < 4.78 is 7.82. The Morgan fingerprint density at radius 3 is 2.62 bits per heavy atom. The normalized spacial score (nSPS) is 22.6. The van der Waals surface area contributed by atoms with Crippen molar-refractivity contribution < 1.29 is 9.84 Å². The molecule has 0 spiro atoms. The van der Waals surface area contributed by atoms with Gasteiger partial charge in [0.1, 0.15) is 5.69 Å². The van der Waals surface area contributed by atoms with E-state index >= 15 is 0 Å². The number of hydrogen-bond acceptors (Lipinski definition) is 6. The van der Waals surface area contributed by atoms with E-state index in [1.165, 1.54) is 5.69 Å². The smallest absolute Gasteiger partial charge is 0.115 e. The van der Waals surface area contributed by atoms with Crippen molar-refractivity contribution in [3.63, 3.8) is 0 Å². The monoisotopic (exact) mass is 399 g/mol. The Balaban J connectivity index is 1.52. The predicted molar refractivity (Wildman–Crippen MR) is 115 cm³/mol. The average molecular weight is 400 g/mol. The highest BCUT2D eigenvalue weighted by Crippen LogP contribution is 2.38. The third kappa shape index (κ3) is 4.12. The first kappa shape index (κ1) is 20.2. The molecule has 1 aromatic heterocycles. The minimum Gasteiger partial charge on any atom is -0.396 e. The second kappa shape index (κ2) is 7.29. The first-order valence-corrected chi connectivity index (χ1v) is 10.4. The lowest BCUT2D eigenvalue weighted by Crippen LogP contribution is -2.56. The van der Waals surface area contributed by atoms with Crippen molar-refractivity contribution in [2.75, 3.05) is 50.2 Å². The first-order valence-electron chi connectivity index (χ1n) is 10.4. The van der Waals surface area contributed by atoms with Crippen molar-refractivity contribution in [3.8, 4) is 11.3 Å². The van der Waals surface area contributed by atoms with Gasteiger partial charge in [0.15, 0.2) is 0 Å². The van der Waals surface area contributed by atoms with Crippen LogP contribution in [-0.4, -0.2) is 66.6 Å². The molecular formula is C22H33N5O2. The van der Waals surface area contributed by atoms with Crippen LogP contribution in [0.25, 0.3) is 11.3 Å². The molecule has 2 aliphatic rings. The van der Waals surface area contributed by atoms with E-state index in [9.17, 15) is 5.11 Å². The minimum atomic E-state index is 0.0104. The molecule has 158 valence electrons. The van der Waals surface area contributed by atoms with Crippen molar-refractivity contribution in [2.24, 2.45) is 10.8 Å². The molecule has 4 rings (SSSR count). The third-order valence-electron chi connectivity index (χ3n) is 6.05. The van der Waals surface area contributed by atoms with E-state index in [0.29, 0.717) is 0 Å². The lowest BCUT2D eigenvalue weighted by atomic mass is 9.82. The Morgan fingerprint density at radius 1 is 1.24 bits per heavy atom. The van der Waals surface area contributed by atoms with Crippen LogP contribution < -0.4 is 9.80 Å². The summed E-state index contributed by atoms with van der Waals surface area (Å²) in [4.78, 5) is 4.43. The van der Waals surface area contributed by atoms with Crippen molar-refractivity contribution in [2.45, 2.75) is 39.8 Å². The molecule has 2 aromatic rings. The molecule has 29 heavy (non-hydrogen) atoms. The zero-order valence-electron chi connectivity index (χ0n) is 18.2. The van der Waals surface area contributed by atoms with Crippen LogP contribution in [0.4, 0.5) is 11.4 Å². The molecule has 7 nitrogen and oxygen atoms in total. The number of hydrogen-bond donors (Lipinski definition) is 1. The van der Waals surface area contributed by atoms with Crippen LogP contribution in [-0.2, 0) is 11.3 Å². The van der Waals surface area contributed by atoms with Gasteiger partial charge in [0, 0.05) is 49.5 Å². The van der Waals surface area contributed by atoms with Crippen molar-refractivity contribution >= 4 is 11.4 Å². The lowest BCUT2D eigenvalue weighted by Gasteiger charge is -2.48. The van der Waals surface area contributed by atoms with Crippen molar-refractivity contribution in [3.05, 3.63) is 24.4 Å². The van der Waals surface area contributed by atoms with Gasteiger partial charge in [-0.2, -0.15) is 0 Å². The molecule has 0 aliphatic carbocycles. The molecule has 0 unspecified atom stereocenters. The maximum Gasteiger partial charge on any atom is 0.115 e. The molecule has 2 fully saturated rings. The largest absolute Gasteiger partial charge is 0.396 e. The van der Waals surface area contributed by atoms with Crippen molar-refractivity contribution in [1.29, 1.82) is 0 Å². The van der Waals surface area contributed by atoms with Gasteiger partial charge in [-0.25, -0.2) is 4.68 Å². The summed E-state index contributed by atoms with van der Waals surface area (Å²) >= 11 is 0. The number of aliphatic hydroxyl groups excluding tert-OH is 1. The van der Waals surface area contributed by atoms with E-state index < -0.39 is 0 Å². The second-order valence-corrected chi connectivity index (χ2v) is 10.0. The molecule has 0 bridgehead atoms. The number of nitrogens with zero attached hydrogens (tertiary/aromatic N) is 5. The van der Waals surface area contributed by atoms with E-state index in [2.05, 4.69) is 73.2 Å². The van der Waals surface area contributed by atoms with Crippen molar-refractivity contribution in [1.82, 2.24) is 15.0 Å². The van der Waals surface area contributed by atoms with Crippen LogP contribution in [0.5, 0.6) is 0 Å². The molecule has 0 amide bonds. The van der Waals surface area contributed by atoms with Gasteiger partial charge in [-0.15, -0.1) is 5.10 Å². The Labute approximate surface area is 173 Å². The number of aliphatic hydroxyl groups is 1. The minimum absolute atomic E-state index is 0.0104. The van der Waals surface area contributed by atoms with Crippen LogP contribution in [0.2, 0.25) is 0 Å². The van der Waals surface area contributed by atoms with Crippen LogP contribution in [0.3, 0.4) is 0 Å². The maximum absolute atomic E-state index is 9.52. The fourth-order valence-corrected chi connectivity index (χ4v) is 4.38. The highest BCUT2D eigenvalue weighted by atomic mass is 16.5. The Morgan fingerprint density at radius 2 is 2.00 bits per heavy atom. The average Bonchev–Trinajstić information content (AvgIpc) is 3.24. The number of ether oxygens (including phenoxy) is 1. The number of anilines is 2.